The van der Waals surface area contributed by atoms with Crippen LogP contribution < -0.4 is 0 Å². The van der Waals surface area contributed by atoms with Crippen LogP contribution >= 0.6 is 27.5 Å². The fourth-order valence-corrected chi connectivity index (χ4v) is 1.39. The molecule has 0 aromatic heterocycles. The van der Waals surface area contributed by atoms with Crippen molar-refractivity contribution in [1.82, 2.24) is 0 Å². The van der Waals surface area contributed by atoms with Gasteiger partial charge in [0.25, 0.3) is 5.69 Å². The van der Waals surface area contributed by atoms with Gasteiger partial charge in [0.1, 0.15) is 0 Å². The highest BCUT2D eigenvalue weighted by Crippen LogP contribution is 2.24. The van der Waals surface area contributed by atoms with E-state index in [1.807, 2.05) is 0 Å². The number of hydrogen-bond acceptors (Lipinski definition) is 2. The molecule has 0 aliphatic carbocycles. The van der Waals surface area contributed by atoms with E-state index in [1.165, 1.54) is 6.07 Å². The number of nitro groups is 1. The molecule has 1 aromatic carbocycles. The number of nitro benzene ring substituents is 1. The van der Waals surface area contributed by atoms with Gasteiger partial charge >= 0.3 is 0 Å². The van der Waals surface area contributed by atoms with E-state index < -0.39 is 4.92 Å². The lowest BCUT2D eigenvalue weighted by Gasteiger charge is -1.98. The summed E-state index contributed by atoms with van der Waals surface area (Å²) in [7, 11) is 0. The summed E-state index contributed by atoms with van der Waals surface area (Å²) in [5.41, 5.74) is 0.587. The first kappa shape index (κ1) is 9.48. The Bertz CT molecular complexity index is 316. The predicted octanol–water partition coefficient (Wildman–Crippen LogP) is 3.10. The minimum atomic E-state index is -0.442. The standard InChI is InChI=1S/C7H5BrClNO2/c8-6-2-1-5(4-9)7(3-6)10(11)12/h1-3H,4H2. The molecule has 0 bridgehead atoms. The molecule has 0 radical (unpaired) electrons. The molecule has 5 heteroatoms. The Hall–Kier alpha value is -0.610. The molecule has 0 N–H and O–H groups in total. The number of hydrogen-bond donors (Lipinski definition) is 0. The van der Waals surface area contributed by atoms with Gasteiger partial charge in [0.05, 0.1) is 10.8 Å². The molecule has 12 heavy (non-hydrogen) atoms. The van der Waals surface area contributed by atoms with Crippen molar-refractivity contribution in [3.63, 3.8) is 0 Å². The molecule has 0 unspecified atom stereocenters. The molecule has 0 saturated carbocycles. The summed E-state index contributed by atoms with van der Waals surface area (Å²) in [4.78, 5) is 10.0. The van der Waals surface area contributed by atoms with E-state index in [1.54, 1.807) is 12.1 Å². The first-order valence-corrected chi connectivity index (χ1v) is 4.46. The van der Waals surface area contributed by atoms with Gasteiger partial charge in [-0.15, -0.1) is 11.6 Å². The molecule has 0 amide bonds. The summed E-state index contributed by atoms with van der Waals surface area (Å²) in [6, 6.07) is 4.80. The van der Waals surface area contributed by atoms with Gasteiger partial charge in [-0.05, 0) is 12.1 Å². The van der Waals surface area contributed by atoms with Crippen LogP contribution in [0.4, 0.5) is 5.69 Å². The van der Waals surface area contributed by atoms with Crippen molar-refractivity contribution >= 4 is 33.2 Å². The maximum atomic E-state index is 10.5. The van der Waals surface area contributed by atoms with Gasteiger partial charge in [-0.2, -0.15) is 0 Å². The summed E-state index contributed by atoms with van der Waals surface area (Å²) >= 11 is 8.65. The Labute approximate surface area is 82.6 Å². The second-order valence-corrected chi connectivity index (χ2v) is 3.35. The minimum absolute atomic E-state index is 0.0550. The summed E-state index contributed by atoms with van der Waals surface area (Å²) in [5, 5.41) is 10.5. The highest BCUT2D eigenvalue weighted by molar-refractivity contribution is 9.10. The average Bonchev–Trinajstić information content (AvgIpc) is 2.04. The molecule has 64 valence electrons. The lowest BCUT2D eigenvalue weighted by molar-refractivity contribution is -0.385. The van der Waals surface area contributed by atoms with Crippen molar-refractivity contribution in [3.8, 4) is 0 Å². The molecule has 0 fully saturated rings. The lowest BCUT2D eigenvalue weighted by atomic mass is 10.2. The van der Waals surface area contributed by atoms with E-state index in [0.717, 1.165) is 0 Å². The van der Waals surface area contributed by atoms with E-state index >= 15 is 0 Å². The van der Waals surface area contributed by atoms with Crippen LogP contribution in [-0.2, 0) is 5.88 Å². The molecular formula is C7H5BrClNO2. The Morgan fingerprint density at radius 1 is 1.58 bits per heavy atom. The van der Waals surface area contributed by atoms with E-state index in [2.05, 4.69) is 15.9 Å². The SMILES string of the molecule is O=[N+]([O-])c1cc(Br)ccc1CCl. The van der Waals surface area contributed by atoms with Crippen LogP contribution in [0.1, 0.15) is 5.56 Å². The smallest absolute Gasteiger partial charge is 0.258 e. The normalized spacial score (nSPS) is 9.83. The van der Waals surface area contributed by atoms with Gasteiger partial charge in [-0.25, -0.2) is 0 Å². The van der Waals surface area contributed by atoms with Crippen molar-refractivity contribution in [1.29, 1.82) is 0 Å². The fourth-order valence-electron chi connectivity index (χ4n) is 0.820. The Balaban J connectivity index is 3.21. The average molecular weight is 250 g/mol. The zero-order valence-corrected chi connectivity index (χ0v) is 8.30. The van der Waals surface area contributed by atoms with Crippen molar-refractivity contribution in [3.05, 3.63) is 38.3 Å². The summed E-state index contributed by atoms with van der Waals surface area (Å²) in [6.07, 6.45) is 0. The van der Waals surface area contributed by atoms with Crippen LogP contribution in [0.15, 0.2) is 22.7 Å². The molecule has 0 atom stereocenters. The Morgan fingerprint density at radius 3 is 2.75 bits per heavy atom. The van der Waals surface area contributed by atoms with Crippen LogP contribution in [0, 0.1) is 10.1 Å². The van der Waals surface area contributed by atoms with Gasteiger partial charge in [0.2, 0.25) is 0 Å². The fraction of sp³-hybridized carbons (Fsp3) is 0.143. The van der Waals surface area contributed by atoms with Gasteiger partial charge in [-0.3, -0.25) is 10.1 Å². The van der Waals surface area contributed by atoms with Gasteiger partial charge in [-0.1, -0.05) is 15.9 Å². The number of alkyl halides is 1. The van der Waals surface area contributed by atoms with Crippen molar-refractivity contribution < 1.29 is 4.92 Å². The van der Waals surface area contributed by atoms with E-state index in [-0.39, 0.29) is 11.6 Å². The van der Waals surface area contributed by atoms with Crippen LogP contribution in [0.5, 0.6) is 0 Å². The maximum Gasteiger partial charge on any atom is 0.274 e. The second-order valence-electron chi connectivity index (χ2n) is 2.16. The van der Waals surface area contributed by atoms with E-state index in [0.29, 0.717) is 10.0 Å². The first-order chi connectivity index (χ1) is 5.65. The molecule has 3 nitrogen and oxygen atoms in total. The summed E-state index contributed by atoms with van der Waals surface area (Å²) < 4.78 is 0.683. The molecule has 0 aliphatic rings. The van der Waals surface area contributed by atoms with Gasteiger partial charge in [0.15, 0.2) is 0 Å². The largest absolute Gasteiger partial charge is 0.274 e. The number of benzene rings is 1. The Kier molecular flexibility index (Phi) is 3.05. The molecule has 1 aromatic rings. The third kappa shape index (κ3) is 1.95. The minimum Gasteiger partial charge on any atom is -0.258 e. The van der Waals surface area contributed by atoms with Crippen molar-refractivity contribution in [2.24, 2.45) is 0 Å². The van der Waals surface area contributed by atoms with Gasteiger partial charge < -0.3 is 0 Å². The van der Waals surface area contributed by atoms with Crippen molar-refractivity contribution in [2.75, 3.05) is 0 Å². The number of halogens is 2. The number of nitrogens with zero attached hydrogens (tertiary/aromatic N) is 1. The highest BCUT2D eigenvalue weighted by Gasteiger charge is 2.12. The predicted molar refractivity (Wildman–Crippen MR) is 50.4 cm³/mol. The summed E-state index contributed by atoms with van der Waals surface area (Å²) in [6.45, 7) is 0. The lowest BCUT2D eigenvalue weighted by Crippen LogP contribution is -1.92. The van der Waals surface area contributed by atoms with E-state index in [9.17, 15) is 10.1 Å². The first-order valence-electron chi connectivity index (χ1n) is 3.14. The van der Waals surface area contributed by atoms with E-state index in [4.69, 9.17) is 11.6 Å². The molecule has 0 heterocycles. The molecule has 1 rings (SSSR count). The van der Waals surface area contributed by atoms with Crippen molar-refractivity contribution in [2.45, 2.75) is 5.88 Å². The Morgan fingerprint density at radius 2 is 2.25 bits per heavy atom. The molecule has 0 spiro atoms. The molecular weight excluding hydrogens is 245 g/mol. The van der Waals surface area contributed by atoms with Crippen LogP contribution in [0.25, 0.3) is 0 Å². The third-order valence-electron chi connectivity index (χ3n) is 1.39. The molecule has 0 aliphatic heterocycles. The zero-order chi connectivity index (χ0) is 9.14. The topological polar surface area (TPSA) is 43.1 Å². The quantitative estimate of drug-likeness (QED) is 0.460. The second kappa shape index (κ2) is 3.87. The molecule has 0 saturated heterocycles. The highest BCUT2D eigenvalue weighted by atomic mass is 79.9. The van der Waals surface area contributed by atoms with Crippen LogP contribution in [-0.4, -0.2) is 4.92 Å². The monoisotopic (exact) mass is 249 g/mol. The maximum absolute atomic E-state index is 10.5. The third-order valence-corrected chi connectivity index (χ3v) is 2.17. The summed E-state index contributed by atoms with van der Waals surface area (Å²) in [5.74, 6) is 0.156. The van der Waals surface area contributed by atoms with Crippen LogP contribution in [0.3, 0.4) is 0 Å². The zero-order valence-electron chi connectivity index (χ0n) is 5.96. The van der Waals surface area contributed by atoms with Gasteiger partial charge in [0, 0.05) is 16.1 Å². The number of rotatable bonds is 2. The van der Waals surface area contributed by atoms with Crippen LogP contribution in [0.2, 0.25) is 0 Å².